The molecule has 2 aromatic rings. The van der Waals surface area contributed by atoms with Crippen LogP contribution in [-0.4, -0.2) is 30.3 Å². The van der Waals surface area contributed by atoms with E-state index in [1.165, 1.54) is 24.6 Å². The molecule has 0 heterocycles. The van der Waals surface area contributed by atoms with Crippen LogP contribution in [0.4, 0.5) is 0 Å². The second-order valence-corrected chi connectivity index (χ2v) is 8.22. The largest absolute Gasteiger partial charge is 0.455 e. The van der Waals surface area contributed by atoms with Crippen molar-refractivity contribution in [2.24, 2.45) is 0 Å². The van der Waals surface area contributed by atoms with Crippen molar-refractivity contribution < 1.29 is 14.3 Å². The summed E-state index contributed by atoms with van der Waals surface area (Å²) in [6.45, 7) is -0.216. The molecule has 3 rings (SSSR count). The maximum Gasteiger partial charge on any atom is 0.316 e. The molecule has 0 saturated heterocycles. The summed E-state index contributed by atoms with van der Waals surface area (Å²) < 4.78 is 5.14. The van der Waals surface area contributed by atoms with Crippen molar-refractivity contribution >= 4 is 46.0 Å². The molecule has 0 aliphatic heterocycles. The van der Waals surface area contributed by atoms with Gasteiger partial charge in [-0.3, -0.25) is 9.59 Å². The lowest BCUT2D eigenvalue weighted by Crippen LogP contribution is -2.37. The lowest BCUT2D eigenvalue weighted by Gasteiger charge is -2.16. The highest BCUT2D eigenvalue weighted by molar-refractivity contribution is 8.00. The molecule has 1 aliphatic carbocycles. The van der Waals surface area contributed by atoms with Gasteiger partial charge in [0.25, 0.3) is 5.91 Å². The quantitative estimate of drug-likeness (QED) is 0.419. The Bertz CT molecular complexity index is 798. The Morgan fingerprint density at radius 3 is 2.52 bits per heavy atom. The summed E-state index contributed by atoms with van der Waals surface area (Å²) in [6.07, 6.45) is 6.78. The predicted molar refractivity (Wildman–Crippen MR) is 110 cm³/mol. The van der Waals surface area contributed by atoms with Crippen LogP contribution in [0.15, 0.2) is 41.3 Å². The smallest absolute Gasteiger partial charge is 0.316 e. The molecule has 4 nitrogen and oxygen atoms in total. The number of carbonyl (C=O) groups excluding carboxylic acids is 2. The van der Waals surface area contributed by atoms with Crippen molar-refractivity contribution in [2.45, 2.75) is 49.5 Å². The molecule has 0 atom stereocenters. The van der Waals surface area contributed by atoms with E-state index in [9.17, 15) is 9.59 Å². The topological polar surface area (TPSA) is 55.4 Å². The summed E-state index contributed by atoms with van der Waals surface area (Å²) in [5.41, 5.74) is 0. The molecular weight excluding hydrogens is 382 g/mol. The number of hydrogen-bond acceptors (Lipinski definition) is 4. The molecule has 0 spiro atoms. The van der Waals surface area contributed by atoms with E-state index < -0.39 is 5.97 Å². The van der Waals surface area contributed by atoms with Crippen LogP contribution < -0.4 is 5.32 Å². The Morgan fingerprint density at radius 2 is 1.78 bits per heavy atom. The summed E-state index contributed by atoms with van der Waals surface area (Å²) in [5, 5.41) is 5.61. The fourth-order valence-electron chi connectivity index (χ4n) is 3.40. The summed E-state index contributed by atoms with van der Waals surface area (Å²) in [6, 6.07) is 11.8. The zero-order chi connectivity index (χ0) is 19.1. The first-order valence-electron chi connectivity index (χ1n) is 9.38. The monoisotopic (exact) mass is 405 g/mol. The van der Waals surface area contributed by atoms with E-state index in [4.69, 9.17) is 16.3 Å². The van der Waals surface area contributed by atoms with E-state index in [2.05, 4.69) is 5.32 Å². The van der Waals surface area contributed by atoms with E-state index in [0.29, 0.717) is 5.02 Å². The van der Waals surface area contributed by atoms with E-state index in [1.807, 2.05) is 36.4 Å². The number of carbonyl (C=O) groups is 2. The van der Waals surface area contributed by atoms with Gasteiger partial charge in [-0.15, -0.1) is 11.8 Å². The third-order valence-corrected chi connectivity index (χ3v) is 6.09. The van der Waals surface area contributed by atoms with Crippen molar-refractivity contribution in [1.82, 2.24) is 5.32 Å². The molecule has 6 heteroatoms. The van der Waals surface area contributed by atoms with Crippen LogP contribution in [0.5, 0.6) is 0 Å². The van der Waals surface area contributed by atoms with Gasteiger partial charge >= 0.3 is 5.97 Å². The minimum absolute atomic E-state index is 0.140. The van der Waals surface area contributed by atoms with Gasteiger partial charge in [0.15, 0.2) is 6.61 Å². The highest BCUT2D eigenvalue weighted by Gasteiger charge is 2.16. The van der Waals surface area contributed by atoms with Crippen LogP contribution >= 0.6 is 23.4 Å². The number of ether oxygens (including phenoxy) is 1. The fourth-order valence-corrected chi connectivity index (χ4v) is 4.64. The molecule has 27 heavy (non-hydrogen) atoms. The number of amides is 1. The average Bonchev–Trinajstić information content (AvgIpc) is 2.93. The SMILES string of the molecule is O=C(COC(=O)CSc1cccc2cccc(Cl)c12)NC1CCCCCC1. The Labute approximate surface area is 169 Å². The van der Waals surface area contributed by atoms with Crippen molar-refractivity contribution in [3.05, 3.63) is 41.4 Å². The minimum Gasteiger partial charge on any atom is -0.455 e. The Balaban J connectivity index is 1.47. The maximum absolute atomic E-state index is 12.0. The van der Waals surface area contributed by atoms with Crippen molar-refractivity contribution in [2.75, 3.05) is 12.4 Å². The Hall–Kier alpha value is -1.72. The Kier molecular flexibility index (Phi) is 7.41. The summed E-state index contributed by atoms with van der Waals surface area (Å²) in [7, 11) is 0. The number of nitrogens with one attached hydrogen (secondary N) is 1. The van der Waals surface area contributed by atoms with Gasteiger partial charge in [-0.2, -0.15) is 0 Å². The van der Waals surface area contributed by atoms with Gasteiger partial charge in [0, 0.05) is 21.3 Å². The highest BCUT2D eigenvalue weighted by atomic mass is 35.5. The second kappa shape index (κ2) is 10.00. The first kappa shape index (κ1) is 20.0. The predicted octanol–water partition coefficient (Wildman–Crippen LogP) is 4.97. The third kappa shape index (κ3) is 5.88. The first-order chi connectivity index (χ1) is 13.1. The molecule has 2 aromatic carbocycles. The molecule has 0 unspecified atom stereocenters. The maximum atomic E-state index is 12.0. The number of benzene rings is 2. The number of esters is 1. The van der Waals surface area contributed by atoms with Crippen molar-refractivity contribution in [1.29, 1.82) is 0 Å². The normalized spacial score (nSPS) is 15.3. The summed E-state index contributed by atoms with van der Waals surface area (Å²) >= 11 is 7.67. The van der Waals surface area contributed by atoms with Crippen LogP contribution in [0, 0.1) is 0 Å². The van der Waals surface area contributed by atoms with Crippen LogP contribution in [0.1, 0.15) is 38.5 Å². The fraction of sp³-hybridized carbons (Fsp3) is 0.429. The third-order valence-electron chi connectivity index (χ3n) is 4.75. The van der Waals surface area contributed by atoms with Gasteiger partial charge in [-0.1, -0.05) is 61.5 Å². The zero-order valence-corrected chi connectivity index (χ0v) is 16.8. The van der Waals surface area contributed by atoms with Crippen molar-refractivity contribution in [3.63, 3.8) is 0 Å². The number of thioether (sulfide) groups is 1. The molecule has 1 saturated carbocycles. The lowest BCUT2D eigenvalue weighted by atomic mass is 10.1. The van der Waals surface area contributed by atoms with E-state index in [0.717, 1.165) is 41.4 Å². The summed E-state index contributed by atoms with van der Waals surface area (Å²) in [5.74, 6) is -0.477. The van der Waals surface area contributed by atoms with Crippen LogP contribution in [0.25, 0.3) is 10.8 Å². The molecule has 0 bridgehead atoms. The number of fused-ring (bicyclic) bond motifs is 1. The van der Waals surface area contributed by atoms with Gasteiger partial charge in [0.2, 0.25) is 0 Å². The molecule has 1 aliphatic rings. The zero-order valence-electron chi connectivity index (χ0n) is 15.2. The van der Waals surface area contributed by atoms with Crippen LogP contribution in [0.2, 0.25) is 5.02 Å². The molecule has 0 radical (unpaired) electrons. The lowest BCUT2D eigenvalue weighted by molar-refractivity contribution is -0.146. The summed E-state index contributed by atoms with van der Waals surface area (Å²) in [4.78, 5) is 25.0. The molecule has 144 valence electrons. The minimum atomic E-state index is -0.403. The van der Waals surface area contributed by atoms with Crippen LogP contribution in [0.3, 0.4) is 0 Å². The molecule has 0 aromatic heterocycles. The van der Waals surface area contributed by atoms with Gasteiger partial charge in [-0.25, -0.2) is 0 Å². The molecule has 1 amide bonds. The molecule has 1 fully saturated rings. The Morgan fingerprint density at radius 1 is 1.07 bits per heavy atom. The molecular formula is C21H24ClNO3S. The number of hydrogen-bond donors (Lipinski definition) is 1. The van der Waals surface area contributed by atoms with Gasteiger partial charge in [0.1, 0.15) is 0 Å². The van der Waals surface area contributed by atoms with E-state index in [1.54, 1.807) is 0 Å². The average molecular weight is 406 g/mol. The van der Waals surface area contributed by atoms with Gasteiger partial charge in [0.05, 0.1) is 5.75 Å². The first-order valence-corrected chi connectivity index (χ1v) is 10.7. The van der Waals surface area contributed by atoms with E-state index >= 15 is 0 Å². The highest BCUT2D eigenvalue weighted by Crippen LogP contribution is 2.33. The van der Waals surface area contributed by atoms with Crippen molar-refractivity contribution in [3.8, 4) is 0 Å². The van der Waals surface area contributed by atoms with Gasteiger partial charge in [-0.05, 0) is 30.4 Å². The van der Waals surface area contributed by atoms with Crippen LogP contribution in [-0.2, 0) is 14.3 Å². The number of halogens is 1. The van der Waals surface area contributed by atoms with E-state index in [-0.39, 0.29) is 24.3 Å². The molecule has 1 N–H and O–H groups in total. The van der Waals surface area contributed by atoms with Gasteiger partial charge < -0.3 is 10.1 Å². The standard InChI is InChI=1S/C21H24ClNO3S/c22-17-11-5-7-15-8-6-12-18(21(15)17)27-14-20(25)26-13-19(24)23-16-9-3-1-2-4-10-16/h5-8,11-12,16H,1-4,9-10,13-14H2,(H,23,24). The number of rotatable bonds is 6. The second-order valence-electron chi connectivity index (χ2n) is 6.80.